The van der Waals surface area contributed by atoms with Gasteiger partial charge >= 0.3 is 0 Å². The number of unbranched alkanes of at least 4 members (excludes halogenated alkanes) is 1. The molecule has 0 heterocycles. The average Bonchev–Trinajstić information content (AvgIpc) is 2.90. The molecule has 0 radical (unpaired) electrons. The van der Waals surface area contributed by atoms with E-state index in [1.165, 1.54) is 51.6 Å². The Balaban J connectivity index is 2.56. The molecule has 0 aromatic heterocycles. The van der Waals surface area contributed by atoms with Crippen molar-refractivity contribution >= 4 is 0 Å². The van der Waals surface area contributed by atoms with Crippen LogP contribution >= 0.6 is 0 Å². The maximum atomic E-state index is 9.90. The third kappa shape index (κ3) is 5.22. The quantitative estimate of drug-likeness (QED) is 0.613. The fourth-order valence-electron chi connectivity index (χ4n) is 3.91. The molecule has 1 aliphatic rings. The van der Waals surface area contributed by atoms with Gasteiger partial charge in [0.1, 0.15) is 0 Å². The molecule has 3 atom stereocenters. The van der Waals surface area contributed by atoms with Crippen LogP contribution in [-0.4, -0.2) is 47.8 Å². The first-order valence-electron chi connectivity index (χ1n) is 9.23. The van der Waals surface area contributed by atoms with Crippen molar-refractivity contribution in [1.29, 1.82) is 0 Å². The monoisotopic (exact) mass is 298 g/mol. The lowest BCUT2D eigenvalue weighted by molar-refractivity contribution is 0.106. The number of nitrogens with one attached hydrogen (secondary N) is 1. The van der Waals surface area contributed by atoms with E-state index in [4.69, 9.17) is 0 Å². The van der Waals surface area contributed by atoms with Gasteiger partial charge in [0.05, 0.1) is 6.61 Å². The average molecular weight is 299 g/mol. The maximum absolute atomic E-state index is 9.90. The summed E-state index contributed by atoms with van der Waals surface area (Å²) in [5.74, 6) is 0.635. The second kappa shape index (κ2) is 9.81. The molecule has 0 saturated heterocycles. The van der Waals surface area contributed by atoms with Gasteiger partial charge in [-0.2, -0.15) is 0 Å². The molecule has 3 heteroatoms. The minimum Gasteiger partial charge on any atom is -0.394 e. The van der Waals surface area contributed by atoms with Crippen LogP contribution in [0.15, 0.2) is 0 Å². The second-order valence-corrected chi connectivity index (χ2v) is 6.87. The highest BCUT2D eigenvalue weighted by molar-refractivity contribution is 4.99. The van der Waals surface area contributed by atoms with Crippen LogP contribution in [-0.2, 0) is 0 Å². The third-order valence-corrected chi connectivity index (χ3v) is 5.55. The number of aliphatic hydroxyl groups is 1. The molecule has 3 unspecified atom stereocenters. The van der Waals surface area contributed by atoms with Gasteiger partial charge in [-0.25, -0.2) is 0 Å². The van der Waals surface area contributed by atoms with Crippen LogP contribution in [0, 0.1) is 5.92 Å². The van der Waals surface area contributed by atoms with Crippen molar-refractivity contribution in [3.63, 3.8) is 0 Å². The van der Waals surface area contributed by atoms with Crippen LogP contribution in [0.4, 0.5) is 0 Å². The zero-order chi connectivity index (χ0) is 15.7. The molecule has 1 saturated carbocycles. The highest BCUT2D eigenvalue weighted by Crippen LogP contribution is 2.37. The van der Waals surface area contributed by atoms with Gasteiger partial charge in [0.25, 0.3) is 0 Å². The molecule has 0 aliphatic heterocycles. The zero-order valence-electron chi connectivity index (χ0n) is 14.8. The van der Waals surface area contributed by atoms with Gasteiger partial charge in [-0.1, -0.05) is 33.6 Å². The van der Waals surface area contributed by atoms with Gasteiger partial charge in [-0.15, -0.1) is 0 Å². The minimum atomic E-state index is 0.000624. The summed E-state index contributed by atoms with van der Waals surface area (Å²) in [6.07, 6.45) is 8.70. The molecule has 21 heavy (non-hydrogen) atoms. The molecule has 3 nitrogen and oxygen atoms in total. The molecule has 0 bridgehead atoms. The summed E-state index contributed by atoms with van der Waals surface area (Å²) < 4.78 is 0. The number of hydrogen-bond donors (Lipinski definition) is 2. The zero-order valence-corrected chi connectivity index (χ0v) is 14.8. The fourth-order valence-corrected chi connectivity index (χ4v) is 3.91. The highest BCUT2D eigenvalue weighted by Gasteiger charge is 2.41. The second-order valence-electron chi connectivity index (χ2n) is 6.87. The number of hydrogen-bond acceptors (Lipinski definition) is 3. The Morgan fingerprint density at radius 1 is 1.29 bits per heavy atom. The SMILES string of the molecule is CCCCN(CCC1CCCC1(CO)NCC)C(C)CC. The van der Waals surface area contributed by atoms with Crippen molar-refractivity contribution in [2.24, 2.45) is 5.92 Å². The van der Waals surface area contributed by atoms with Crippen molar-refractivity contribution in [1.82, 2.24) is 10.2 Å². The van der Waals surface area contributed by atoms with Gasteiger partial charge in [0, 0.05) is 11.6 Å². The minimum absolute atomic E-state index is 0.000624. The van der Waals surface area contributed by atoms with E-state index in [9.17, 15) is 5.11 Å². The van der Waals surface area contributed by atoms with Crippen molar-refractivity contribution in [3.8, 4) is 0 Å². The van der Waals surface area contributed by atoms with Gasteiger partial charge in [0.15, 0.2) is 0 Å². The standard InChI is InChI=1S/C18H38N2O/c1-5-8-13-20(16(4)6-2)14-11-17-10-9-12-18(17,15-21)19-7-3/h16-17,19,21H,5-15H2,1-4H3. The van der Waals surface area contributed by atoms with E-state index >= 15 is 0 Å². The van der Waals surface area contributed by atoms with Crippen molar-refractivity contribution in [2.45, 2.75) is 84.2 Å². The normalized spacial score (nSPS) is 27.4. The summed E-state index contributed by atoms with van der Waals surface area (Å²) in [6.45, 7) is 12.7. The van der Waals surface area contributed by atoms with Crippen LogP contribution in [0.5, 0.6) is 0 Å². The van der Waals surface area contributed by atoms with E-state index in [0.29, 0.717) is 18.6 Å². The molecule has 0 aromatic rings. The Morgan fingerprint density at radius 3 is 2.62 bits per heavy atom. The molecule has 0 spiro atoms. The van der Waals surface area contributed by atoms with Crippen LogP contribution in [0.1, 0.15) is 72.6 Å². The number of rotatable bonds is 11. The molecular weight excluding hydrogens is 260 g/mol. The van der Waals surface area contributed by atoms with E-state index in [1.54, 1.807) is 0 Å². The van der Waals surface area contributed by atoms with Crippen LogP contribution in [0.25, 0.3) is 0 Å². The lowest BCUT2D eigenvalue weighted by atomic mass is 9.85. The lowest BCUT2D eigenvalue weighted by Crippen LogP contribution is -2.52. The van der Waals surface area contributed by atoms with E-state index in [1.807, 2.05) is 0 Å². The predicted octanol–water partition coefficient (Wildman–Crippen LogP) is 3.42. The molecule has 1 fully saturated rings. The summed E-state index contributed by atoms with van der Waals surface area (Å²) in [4.78, 5) is 2.66. The number of likely N-dealkylation sites (N-methyl/N-ethyl adjacent to an activating group) is 1. The molecule has 1 rings (SSSR count). The van der Waals surface area contributed by atoms with Gasteiger partial charge in [-0.05, 0) is 64.6 Å². The van der Waals surface area contributed by atoms with Crippen molar-refractivity contribution in [2.75, 3.05) is 26.2 Å². The fraction of sp³-hybridized carbons (Fsp3) is 1.00. The van der Waals surface area contributed by atoms with Crippen LogP contribution in [0.2, 0.25) is 0 Å². The van der Waals surface area contributed by atoms with Crippen LogP contribution < -0.4 is 5.32 Å². The number of aliphatic hydroxyl groups excluding tert-OH is 1. The molecule has 1 aliphatic carbocycles. The molecule has 0 amide bonds. The summed E-state index contributed by atoms with van der Waals surface area (Å²) in [7, 11) is 0. The highest BCUT2D eigenvalue weighted by atomic mass is 16.3. The maximum Gasteiger partial charge on any atom is 0.0616 e. The topological polar surface area (TPSA) is 35.5 Å². The first-order chi connectivity index (χ1) is 10.1. The molecule has 126 valence electrons. The Labute approximate surface area is 132 Å². The Hall–Kier alpha value is -0.120. The summed E-state index contributed by atoms with van der Waals surface area (Å²) in [5, 5.41) is 13.5. The summed E-state index contributed by atoms with van der Waals surface area (Å²) >= 11 is 0. The van der Waals surface area contributed by atoms with Gasteiger partial charge < -0.3 is 15.3 Å². The molecular formula is C18H38N2O. The van der Waals surface area contributed by atoms with E-state index in [0.717, 1.165) is 13.0 Å². The largest absolute Gasteiger partial charge is 0.394 e. The molecule has 2 N–H and O–H groups in total. The van der Waals surface area contributed by atoms with Gasteiger partial charge in [-0.3, -0.25) is 0 Å². The Morgan fingerprint density at radius 2 is 2.05 bits per heavy atom. The third-order valence-electron chi connectivity index (χ3n) is 5.55. The first kappa shape index (κ1) is 18.9. The van der Waals surface area contributed by atoms with Gasteiger partial charge in [0.2, 0.25) is 0 Å². The van der Waals surface area contributed by atoms with Crippen molar-refractivity contribution in [3.05, 3.63) is 0 Å². The number of nitrogens with zero attached hydrogens (tertiary/aromatic N) is 1. The van der Waals surface area contributed by atoms with E-state index in [-0.39, 0.29) is 5.54 Å². The summed E-state index contributed by atoms with van der Waals surface area (Å²) in [6, 6.07) is 0.681. The molecule has 0 aromatic carbocycles. The van der Waals surface area contributed by atoms with E-state index < -0.39 is 0 Å². The van der Waals surface area contributed by atoms with Crippen molar-refractivity contribution < 1.29 is 5.11 Å². The first-order valence-corrected chi connectivity index (χ1v) is 9.23. The Kier molecular flexibility index (Phi) is 8.84. The smallest absolute Gasteiger partial charge is 0.0616 e. The van der Waals surface area contributed by atoms with E-state index in [2.05, 4.69) is 37.9 Å². The predicted molar refractivity (Wildman–Crippen MR) is 91.7 cm³/mol. The summed E-state index contributed by atoms with van der Waals surface area (Å²) in [5.41, 5.74) is 0.000624. The van der Waals surface area contributed by atoms with Crippen LogP contribution in [0.3, 0.4) is 0 Å². The Bertz CT molecular complexity index is 272. The lowest BCUT2D eigenvalue weighted by Gasteiger charge is -2.37.